The van der Waals surface area contributed by atoms with Gasteiger partial charge in [-0.1, -0.05) is 13.3 Å². The fourth-order valence-electron chi connectivity index (χ4n) is 1.32. The second kappa shape index (κ2) is 5.71. The zero-order valence-corrected chi connectivity index (χ0v) is 8.97. The van der Waals surface area contributed by atoms with Crippen LogP contribution in [0.5, 0.6) is 0 Å². The molecule has 1 aromatic rings. The average molecular weight is 219 g/mol. The van der Waals surface area contributed by atoms with Crippen molar-refractivity contribution in [2.45, 2.75) is 25.8 Å². The van der Waals surface area contributed by atoms with Gasteiger partial charge < -0.3 is 10.4 Å². The number of hydrogen-bond acceptors (Lipinski definition) is 4. The molecule has 1 atom stereocenters. The number of rotatable bonds is 5. The molecule has 1 unspecified atom stereocenters. The third kappa shape index (κ3) is 2.95. The molecule has 5 heteroatoms. The average Bonchev–Trinajstić information content (AvgIpc) is 2.29. The largest absolute Gasteiger partial charge is 0.480 e. The molecule has 0 aromatic carbocycles. The van der Waals surface area contributed by atoms with E-state index in [1.165, 1.54) is 6.20 Å². The predicted octanol–water partition coefficient (Wildman–Crippen LogP) is 1.62. The quantitative estimate of drug-likeness (QED) is 0.785. The molecule has 1 heterocycles. The van der Waals surface area contributed by atoms with Crippen molar-refractivity contribution in [2.75, 3.05) is 5.32 Å². The van der Waals surface area contributed by atoms with Crippen molar-refractivity contribution in [3.05, 3.63) is 23.9 Å². The normalized spacial score (nSPS) is 11.5. The summed E-state index contributed by atoms with van der Waals surface area (Å²) in [6.07, 6.45) is 2.77. The van der Waals surface area contributed by atoms with Gasteiger partial charge in [-0.15, -0.1) is 0 Å². The lowest BCUT2D eigenvalue weighted by Gasteiger charge is -2.14. The van der Waals surface area contributed by atoms with E-state index in [2.05, 4.69) is 10.3 Å². The van der Waals surface area contributed by atoms with Crippen LogP contribution in [0.1, 0.15) is 25.3 Å². The Balaban J connectivity index is 2.85. The number of anilines is 1. The Morgan fingerprint density at radius 1 is 1.75 bits per heavy atom. The molecule has 5 nitrogen and oxygen atoms in total. The minimum absolute atomic E-state index is 0.325. The van der Waals surface area contributed by atoms with Gasteiger partial charge in [0.25, 0.3) is 0 Å². The van der Waals surface area contributed by atoms with Gasteiger partial charge in [-0.3, -0.25) is 0 Å². The SMILES string of the molecule is CCCC(Nc1ncccc1C#N)C(=O)O. The summed E-state index contributed by atoms with van der Waals surface area (Å²) in [5, 5.41) is 20.5. The Morgan fingerprint density at radius 3 is 3.06 bits per heavy atom. The summed E-state index contributed by atoms with van der Waals surface area (Å²) in [6.45, 7) is 1.90. The molecule has 0 saturated carbocycles. The molecule has 0 fully saturated rings. The number of carboxylic acids is 1. The van der Waals surface area contributed by atoms with Gasteiger partial charge in [0.05, 0.1) is 5.56 Å². The molecule has 0 aliphatic carbocycles. The third-order valence-electron chi connectivity index (χ3n) is 2.11. The van der Waals surface area contributed by atoms with E-state index in [0.29, 0.717) is 17.8 Å². The first kappa shape index (κ1) is 12.0. The highest BCUT2D eigenvalue weighted by Crippen LogP contribution is 2.13. The molecule has 0 spiro atoms. The Hall–Kier alpha value is -2.09. The Morgan fingerprint density at radius 2 is 2.50 bits per heavy atom. The summed E-state index contributed by atoms with van der Waals surface area (Å²) in [4.78, 5) is 14.9. The van der Waals surface area contributed by atoms with Crippen LogP contribution >= 0.6 is 0 Å². The number of aliphatic carboxylic acids is 1. The fraction of sp³-hybridized carbons (Fsp3) is 0.364. The lowest BCUT2D eigenvalue weighted by atomic mass is 10.1. The Bertz CT molecular complexity index is 412. The van der Waals surface area contributed by atoms with E-state index in [0.717, 1.165) is 6.42 Å². The number of carbonyl (C=O) groups is 1. The van der Waals surface area contributed by atoms with Gasteiger partial charge in [-0.2, -0.15) is 5.26 Å². The van der Waals surface area contributed by atoms with Gasteiger partial charge in [0.1, 0.15) is 17.9 Å². The maximum atomic E-state index is 10.9. The number of carboxylic acid groups (broad SMARTS) is 1. The molecular weight excluding hydrogens is 206 g/mol. The zero-order chi connectivity index (χ0) is 12.0. The maximum absolute atomic E-state index is 10.9. The number of nitrogens with zero attached hydrogens (tertiary/aromatic N) is 2. The van der Waals surface area contributed by atoms with Crippen molar-refractivity contribution >= 4 is 11.8 Å². The van der Waals surface area contributed by atoms with Gasteiger partial charge in [-0.25, -0.2) is 9.78 Å². The Kier molecular flexibility index (Phi) is 4.28. The summed E-state index contributed by atoms with van der Waals surface area (Å²) < 4.78 is 0. The molecule has 0 saturated heterocycles. The van der Waals surface area contributed by atoms with E-state index >= 15 is 0 Å². The first-order chi connectivity index (χ1) is 7.69. The van der Waals surface area contributed by atoms with Crippen LogP contribution in [0.2, 0.25) is 0 Å². The summed E-state index contributed by atoms with van der Waals surface area (Å²) in [7, 11) is 0. The molecule has 2 N–H and O–H groups in total. The third-order valence-corrected chi connectivity index (χ3v) is 2.11. The van der Waals surface area contributed by atoms with Gasteiger partial charge in [0.15, 0.2) is 0 Å². The van der Waals surface area contributed by atoms with Crippen molar-refractivity contribution in [2.24, 2.45) is 0 Å². The maximum Gasteiger partial charge on any atom is 0.326 e. The molecular formula is C11H13N3O2. The van der Waals surface area contributed by atoms with E-state index in [4.69, 9.17) is 10.4 Å². The lowest BCUT2D eigenvalue weighted by molar-refractivity contribution is -0.138. The van der Waals surface area contributed by atoms with Crippen LogP contribution in [0.4, 0.5) is 5.82 Å². The summed E-state index contributed by atoms with van der Waals surface area (Å²) in [5.41, 5.74) is 0.352. The van der Waals surface area contributed by atoms with E-state index in [-0.39, 0.29) is 0 Å². The standard InChI is InChI=1S/C11H13N3O2/c1-2-4-9(11(15)16)14-10-8(7-12)5-3-6-13-10/h3,5-6,9H,2,4H2,1H3,(H,13,14)(H,15,16). The van der Waals surface area contributed by atoms with Crippen molar-refractivity contribution in [3.63, 3.8) is 0 Å². The molecule has 1 rings (SSSR count). The molecule has 84 valence electrons. The van der Waals surface area contributed by atoms with Crippen LogP contribution in [-0.2, 0) is 4.79 Å². The van der Waals surface area contributed by atoms with Crippen LogP contribution in [0.15, 0.2) is 18.3 Å². The highest BCUT2D eigenvalue weighted by atomic mass is 16.4. The summed E-state index contributed by atoms with van der Waals surface area (Å²) >= 11 is 0. The van der Waals surface area contributed by atoms with Crippen molar-refractivity contribution < 1.29 is 9.90 Å². The second-order valence-electron chi connectivity index (χ2n) is 3.34. The molecule has 0 amide bonds. The van der Waals surface area contributed by atoms with E-state index < -0.39 is 12.0 Å². The van der Waals surface area contributed by atoms with Crippen LogP contribution in [0.25, 0.3) is 0 Å². The smallest absolute Gasteiger partial charge is 0.326 e. The molecule has 0 aliphatic heterocycles. The number of hydrogen-bond donors (Lipinski definition) is 2. The number of nitriles is 1. The predicted molar refractivity (Wildman–Crippen MR) is 58.9 cm³/mol. The molecule has 16 heavy (non-hydrogen) atoms. The minimum Gasteiger partial charge on any atom is -0.480 e. The van der Waals surface area contributed by atoms with Crippen molar-refractivity contribution in [1.29, 1.82) is 5.26 Å². The van der Waals surface area contributed by atoms with Gasteiger partial charge in [0.2, 0.25) is 0 Å². The number of nitrogens with one attached hydrogen (secondary N) is 1. The number of aromatic nitrogens is 1. The molecule has 1 aromatic heterocycles. The topological polar surface area (TPSA) is 86.0 Å². The van der Waals surface area contributed by atoms with E-state index in [1.54, 1.807) is 12.1 Å². The van der Waals surface area contributed by atoms with Gasteiger partial charge in [0, 0.05) is 6.20 Å². The van der Waals surface area contributed by atoms with Crippen molar-refractivity contribution in [3.8, 4) is 6.07 Å². The van der Waals surface area contributed by atoms with E-state index in [9.17, 15) is 4.79 Å². The monoisotopic (exact) mass is 219 g/mol. The zero-order valence-electron chi connectivity index (χ0n) is 8.97. The van der Waals surface area contributed by atoms with Gasteiger partial charge >= 0.3 is 5.97 Å². The molecule has 0 aliphatic rings. The Labute approximate surface area is 93.7 Å². The fourth-order valence-corrected chi connectivity index (χ4v) is 1.32. The lowest BCUT2D eigenvalue weighted by Crippen LogP contribution is -2.29. The highest BCUT2D eigenvalue weighted by Gasteiger charge is 2.17. The van der Waals surface area contributed by atoms with Crippen LogP contribution in [0.3, 0.4) is 0 Å². The van der Waals surface area contributed by atoms with Crippen molar-refractivity contribution in [1.82, 2.24) is 4.98 Å². The van der Waals surface area contributed by atoms with E-state index in [1.807, 2.05) is 13.0 Å². The van der Waals surface area contributed by atoms with Crippen LogP contribution in [-0.4, -0.2) is 22.1 Å². The molecule has 0 radical (unpaired) electrons. The van der Waals surface area contributed by atoms with Crippen LogP contribution < -0.4 is 5.32 Å². The first-order valence-electron chi connectivity index (χ1n) is 5.03. The second-order valence-corrected chi connectivity index (χ2v) is 3.34. The van der Waals surface area contributed by atoms with Crippen LogP contribution in [0, 0.1) is 11.3 Å². The highest BCUT2D eigenvalue weighted by molar-refractivity contribution is 5.77. The summed E-state index contributed by atoms with van der Waals surface area (Å²) in [6, 6.07) is 4.50. The summed E-state index contributed by atoms with van der Waals surface area (Å²) in [5.74, 6) is -0.609. The number of pyridine rings is 1. The first-order valence-corrected chi connectivity index (χ1v) is 5.03. The minimum atomic E-state index is -0.934. The van der Waals surface area contributed by atoms with Gasteiger partial charge in [-0.05, 0) is 18.6 Å². The molecule has 0 bridgehead atoms.